The van der Waals surface area contributed by atoms with Crippen molar-refractivity contribution in [1.82, 2.24) is 19.7 Å². The topological polar surface area (TPSA) is 51.0 Å². The van der Waals surface area contributed by atoms with E-state index in [4.69, 9.17) is 0 Å². The fourth-order valence-electron chi connectivity index (χ4n) is 3.74. The number of thioether (sulfide) groups is 1. The van der Waals surface area contributed by atoms with Crippen LogP contribution in [0.2, 0.25) is 0 Å². The number of nitrogens with zero attached hydrogens (tertiary/aromatic N) is 4. The van der Waals surface area contributed by atoms with Gasteiger partial charge in [0.1, 0.15) is 0 Å². The molecule has 0 aliphatic carbocycles. The van der Waals surface area contributed by atoms with Gasteiger partial charge in [-0.1, -0.05) is 49.0 Å². The minimum absolute atomic E-state index is 0.210. The second-order valence-electron chi connectivity index (χ2n) is 7.04. The van der Waals surface area contributed by atoms with Gasteiger partial charge in [0.25, 0.3) is 0 Å². The second kappa shape index (κ2) is 8.71. The van der Waals surface area contributed by atoms with Crippen LogP contribution >= 0.6 is 11.8 Å². The number of carbonyl (C=O) groups is 1. The minimum atomic E-state index is 0.210. The van der Waals surface area contributed by atoms with Crippen LogP contribution in [0.3, 0.4) is 0 Å². The number of carbonyl (C=O) groups excluding carboxylic acids is 1. The molecule has 3 rings (SSSR count). The third kappa shape index (κ3) is 4.11. The normalized spacial score (nSPS) is 20.3. The van der Waals surface area contributed by atoms with Crippen LogP contribution in [0.15, 0.2) is 35.5 Å². The van der Waals surface area contributed by atoms with Crippen molar-refractivity contribution in [2.75, 3.05) is 5.75 Å². The van der Waals surface area contributed by atoms with Crippen LogP contribution in [-0.4, -0.2) is 43.4 Å². The molecule has 0 bridgehead atoms. The zero-order chi connectivity index (χ0) is 18.5. The molecule has 6 heteroatoms. The predicted molar refractivity (Wildman–Crippen MR) is 106 cm³/mol. The van der Waals surface area contributed by atoms with Crippen molar-refractivity contribution in [2.45, 2.75) is 70.2 Å². The van der Waals surface area contributed by atoms with Gasteiger partial charge < -0.3 is 9.47 Å². The quantitative estimate of drug-likeness (QED) is 0.712. The molecule has 2 aromatic rings. The standard InChI is InChI=1S/C20H28N4OS/c1-4-13-23-19(17-11-6-5-7-12-17)21-22-20(23)26-14-18(25)24-15(2)9-8-10-16(24)3/h5-7,11-12,15-16H,4,8-10,13-14H2,1-3H3/t15-,16+. The molecular formula is C20H28N4OS. The van der Waals surface area contributed by atoms with Gasteiger partial charge in [-0.15, -0.1) is 10.2 Å². The second-order valence-corrected chi connectivity index (χ2v) is 7.98. The molecule has 0 N–H and O–H groups in total. The van der Waals surface area contributed by atoms with Crippen molar-refractivity contribution in [3.05, 3.63) is 30.3 Å². The van der Waals surface area contributed by atoms with Gasteiger partial charge in [0.15, 0.2) is 11.0 Å². The Labute approximate surface area is 160 Å². The smallest absolute Gasteiger partial charge is 0.233 e. The van der Waals surface area contributed by atoms with Crippen LogP contribution in [0.5, 0.6) is 0 Å². The maximum absolute atomic E-state index is 12.8. The zero-order valence-electron chi connectivity index (χ0n) is 15.9. The zero-order valence-corrected chi connectivity index (χ0v) is 16.7. The third-order valence-electron chi connectivity index (χ3n) is 5.00. The molecule has 1 aromatic carbocycles. The van der Waals surface area contributed by atoms with Crippen LogP contribution in [0.4, 0.5) is 0 Å². The van der Waals surface area contributed by atoms with E-state index in [0.29, 0.717) is 17.8 Å². The highest BCUT2D eigenvalue weighted by atomic mass is 32.2. The summed E-state index contributed by atoms with van der Waals surface area (Å²) >= 11 is 1.51. The Balaban J connectivity index is 1.73. The molecule has 2 heterocycles. The van der Waals surface area contributed by atoms with E-state index >= 15 is 0 Å². The largest absolute Gasteiger partial charge is 0.337 e. The van der Waals surface area contributed by atoms with Gasteiger partial charge in [-0.25, -0.2) is 0 Å². The fraction of sp³-hybridized carbons (Fsp3) is 0.550. The Kier molecular flexibility index (Phi) is 6.35. The molecule has 1 saturated heterocycles. The highest BCUT2D eigenvalue weighted by Gasteiger charge is 2.29. The molecule has 140 valence electrons. The summed E-state index contributed by atoms with van der Waals surface area (Å²) < 4.78 is 2.14. The van der Waals surface area contributed by atoms with Gasteiger partial charge in [-0.05, 0) is 39.5 Å². The number of amides is 1. The average molecular weight is 373 g/mol. The lowest BCUT2D eigenvalue weighted by Crippen LogP contribution is -2.48. The number of hydrogen-bond acceptors (Lipinski definition) is 4. The van der Waals surface area contributed by atoms with Crippen molar-refractivity contribution in [3.63, 3.8) is 0 Å². The first-order valence-electron chi connectivity index (χ1n) is 9.54. The molecule has 1 amide bonds. The average Bonchev–Trinajstić information content (AvgIpc) is 3.03. The van der Waals surface area contributed by atoms with Crippen molar-refractivity contribution in [3.8, 4) is 11.4 Å². The number of hydrogen-bond donors (Lipinski definition) is 0. The lowest BCUT2D eigenvalue weighted by Gasteiger charge is -2.39. The molecule has 0 spiro atoms. The number of aromatic nitrogens is 3. The fourth-order valence-corrected chi connectivity index (χ4v) is 4.57. The molecule has 5 nitrogen and oxygen atoms in total. The van der Waals surface area contributed by atoms with Crippen LogP contribution in [0.25, 0.3) is 11.4 Å². The molecule has 1 fully saturated rings. The van der Waals surface area contributed by atoms with Crippen LogP contribution in [0.1, 0.15) is 46.5 Å². The maximum atomic E-state index is 12.8. The van der Waals surface area contributed by atoms with Crippen LogP contribution < -0.4 is 0 Å². The Bertz CT molecular complexity index is 721. The molecule has 26 heavy (non-hydrogen) atoms. The summed E-state index contributed by atoms with van der Waals surface area (Å²) in [4.78, 5) is 14.9. The summed E-state index contributed by atoms with van der Waals surface area (Å²) in [5.74, 6) is 1.51. The van der Waals surface area contributed by atoms with E-state index in [9.17, 15) is 4.79 Å². The summed E-state index contributed by atoms with van der Waals surface area (Å²) in [5.41, 5.74) is 1.06. The van der Waals surface area contributed by atoms with E-state index in [1.54, 1.807) is 0 Å². The van der Waals surface area contributed by atoms with Gasteiger partial charge in [-0.3, -0.25) is 4.79 Å². The van der Waals surface area contributed by atoms with E-state index < -0.39 is 0 Å². The third-order valence-corrected chi connectivity index (χ3v) is 5.95. The molecule has 1 aliphatic heterocycles. The molecular weight excluding hydrogens is 344 g/mol. The Morgan fingerprint density at radius 2 is 1.85 bits per heavy atom. The van der Waals surface area contributed by atoms with E-state index in [1.165, 1.54) is 18.2 Å². The van der Waals surface area contributed by atoms with Gasteiger partial charge in [0.2, 0.25) is 5.91 Å². The molecule has 0 unspecified atom stereocenters. The van der Waals surface area contributed by atoms with E-state index in [1.807, 2.05) is 30.3 Å². The maximum Gasteiger partial charge on any atom is 0.233 e. The summed E-state index contributed by atoms with van der Waals surface area (Å²) in [5, 5.41) is 9.59. The number of piperidine rings is 1. The van der Waals surface area contributed by atoms with E-state index in [-0.39, 0.29) is 5.91 Å². The summed E-state index contributed by atoms with van der Waals surface area (Å²) in [6.07, 6.45) is 4.42. The summed E-state index contributed by atoms with van der Waals surface area (Å²) in [6.45, 7) is 7.31. The first-order valence-corrected chi connectivity index (χ1v) is 10.5. The van der Waals surface area contributed by atoms with E-state index in [0.717, 1.165) is 42.4 Å². The SMILES string of the molecule is CCCn1c(SCC(=O)N2[C@H](C)CCC[C@@H]2C)nnc1-c1ccccc1. The van der Waals surface area contributed by atoms with Crippen molar-refractivity contribution >= 4 is 17.7 Å². The molecule has 0 saturated carbocycles. The first kappa shape index (κ1) is 19.0. The Morgan fingerprint density at radius 1 is 1.15 bits per heavy atom. The van der Waals surface area contributed by atoms with Gasteiger partial charge in [0, 0.05) is 24.2 Å². The highest BCUT2D eigenvalue weighted by molar-refractivity contribution is 7.99. The van der Waals surface area contributed by atoms with E-state index in [2.05, 4.69) is 40.4 Å². The minimum Gasteiger partial charge on any atom is -0.337 e. The van der Waals surface area contributed by atoms with Crippen molar-refractivity contribution in [2.24, 2.45) is 0 Å². The number of benzene rings is 1. The number of likely N-dealkylation sites (tertiary alicyclic amines) is 1. The van der Waals surface area contributed by atoms with Crippen molar-refractivity contribution in [1.29, 1.82) is 0 Å². The summed E-state index contributed by atoms with van der Waals surface area (Å²) in [7, 11) is 0. The molecule has 1 aromatic heterocycles. The highest BCUT2D eigenvalue weighted by Crippen LogP contribution is 2.27. The Hall–Kier alpha value is -1.82. The monoisotopic (exact) mass is 372 g/mol. The molecule has 1 aliphatic rings. The molecule has 2 atom stereocenters. The molecule has 0 radical (unpaired) electrons. The predicted octanol–water partition coefficient (Wildman–Crippen LogP) is 4.24. The van der Waals surface area contributed by atoms with Crippen LogP contribution in [-0.2, 0) is 11.3 Å². The lowest BCUT2D eigenvalue weighted by atomic mass is 9.98. The Morgan fingerprint density at radius 3 is 2.50 bits per heavy atom. The summed E-state index contributed by atoms with van der Waals surface area (Å²) in [6, 6.07) is 10.8. The number of rotatable bonds is 6. The van der Waals surface area contributed by atoms with Gasteiger partial charge >= 0.3 is 0 Å². The lowest BCUT2D eigenvalue weighted by molar-refractivity contribution is -0.134. The van der Waals surface area contributed by atoms with Crippen LogP contribution in [0, 0.1) is 0 Å². The first-order chi connectivity index (χ1) is 12.6. The van der Waals surface area contributed by atoms with Gasteiger partial charge in [0.05, 0.1) is 5.75 Å². The van der Waals surface area contributed by atoms with Gasteiger partial charge in [-0.2, -0.15) is 0 Å². The van der Waals surface area contributed by atoms with Crippen molar-refractivity contribution < 1.29 is 4.79 Å².